The molecule has 3 N–H and O–H groups in total. The van der Waals surface area contributed by atoms with Crippen LogP contribution in [0.25, 0.3) is 0 Å². The quantitative estimate of drug-likeness (QED) is 0.375. The van der Waals surface area contributed by atoms with Crippen LogP contribution >= 0.6 is 0 Å². The van der Waals surface area contributed by atoms with Crippen LogP contribution in [-0.4, -0.2) is 54.5 Å². The Morgan fingerprint density at radius 2 is 1.65 bits per heavy atom. The van der Waals surface area contributed by atoms with Crippen molar-refractivity contribution in [3.63, 3.8) is 0 Å². The molecular formula is C25H21F4N5O6. The number of hydrogen-bond acceptors (Lipinski definition) is 8. The van der Waals surface area contributed by atoms with E-state index in [0.29, 0.717) is 37.8 Å². The first-order valence-electron chi connectivity index (χ1n) is 11.8. The number of nitrogens with zero attached hydrogens (tertiary/aromatic N) is 2. The normalized spacial score (nSPS) is 17.6. The molecule has 0 bridgehead atoms. The molecule has 11 nitrogen and oxygen atoms in total. The van der Waals surface area contributed by atoms with Gasteiger partial charge in [-0.25, -0.2) is 14.5 Å². The summed E-state index contributed by atoms with van der Waals surface area (Å²) in [6, 6.07) is 11.2. The van der Waals surface area contributed by atoms with Gasteiger partial charge in [0.2, 0.25) is 0 Å². The molecule has 2 aliphatic heterocycles. The van der Waals surface area contributed by atoms with Crippen molar-refractivity contribution in [1.82, 2.24) is 15.4 Å². The second-order valence-electron chi connectivity index (χ2n) is 8.52. The van der Waals surface area contributed by atoms with Crippen molar-refractivity contribution in [2.75, 3.05) is 36.9 Å². The molecule has 0 atom stereocenters. The second kappa shape index (κ2) is 11.0. The number of rotatable bonds is 6. The minimum Gasteiger partial charge on any atom is -0.457 e. The minimum absolute atomic E-state index is 0.125. The first-order valence-corrected chi connectivity index (χ1v) is 11.8. The SMILES string of the molecule is O=C(Nc1cccc(Oc2ccnc(C(=O)NN3CCOCC3)c2)c1)Nc1ccc2c(c1)C(F)(F)OC(F)(F)O2. The van der Waals surface area contributed by atoms with Crippen LogP contribution in [0.15, 0.2) is 60.8 Å². The summed E-state index contributed by atoms with van der Waals surface area (Å²) in [5.41, 5.74) is 2.07. The number of nitrogens with one attached hydrogen (secondary N) is 3. The largest absolute Gasteiger partial charge is 0.540 e. The molecule has 5 rings (SSSR count). The van der Waals surface area contributed by atoms with E-state index >= 15 is 0 Å². The molecule has 15 heteroatoms. The maximum Gasteiger partial charge on any atom is 0.540 e. The van der Waals surface area contributed by atoms with Crippen LogP contribution in [0.2, 0.25) is 0 Å². The van der Waals surface area contributed by atoms with Crippen LogP contribution < -0.4 is 25.5 Å². The molecule has 0 radical (unpaired) electrons. The summed E-state index contributed by atoms with van der Waals surface area (Å²) >= 11 is 0. The number of halogens is 4. The van der Waals surface area contributed by atoms with Gasteiger partial charge in [-0.2, -0.15) is 8.78 Å². The van der Waals surface area contributed by atoms with E-state index < -0.39 is 35.7 Å². The van der Waals surface area contributed by atoms with Gasteiger partial charge in [0.1, 0.15) is 22.9 Å². The Labute approximate surface area is 223 Å². The number of anilines is 2. The monoisotopic (exact) mass is 563 g/mol. The number of fused-ring (bicyclic) bond motifs is 1. The van der Waals surface area contributed by atoms with Crippen LogP contribution in [0.4, 0.5) is 33.7 Å². The molecule has 3 aromatic rings. The Morgan fingerprint density at radius 3 is 2.42 bits per heavy atom. The zero-order chi connectivity index (χ0) is 28.3. The van der Waals surface area contributed by atoms with E-state index in [0.717, 1.165) is 18.2 Å². The fourth-order valence-electron chi connectivity index (χ4n) is 3.82. The predicted octanol–water partition coefficient (Wildman–Crippen LogP) is 4.50. The van der Waals surface area contributed by atoms with Crippen LogP contribution in [-0.2, 0) is 15.6 Å². The molecule has 40 heavy (non-hydrogen) atoms. The van der Waals surface area contributed by atoms with Crippen molar-refractivity contribution in [1.29, 1.82) is 0 Å². The summed E-state index contributed by atoms with van der Waals surface area (Å²) in [6.07, 6.45) is -7.42. The van der Waals surface area contributed by atoms with Crippen molar-refractivity contribution >= 4 is 23.3 Å². The van der Waals surface area contributed by atoms with Crippen molar-refractivity contribution < 1.29 is 46.1 Å². The number of carbonyl (C=O) groups excluding carboxylic acids is 2. The third-order valence-corrected chi connectivity index (χ3v) is 5.59. The number of hydrogen-bond donors (Lipinski definition) is 3. The van der Waals surface area contributed by atoms with E-state index in [-0.39, 0.29) is 17.1 Å². The molecule has 3 heterocycles. The number of amides is 3. The van der Waals surface area contributed by atoms with E-state index in [2.05, 4.69) is 30.5 Å². The van der Waals surface area contributed by atoms with Crippen LogP contribution in [0.3, 0.4) is 0 Å². The number of benzene rings is 2. The lowest BCUT2D eigenvalue weighted by atomic mass is 10.1. The number of ether oxygens (including phenoxy) is 4. The van der Waals surface area contributed by atoms with Gasteiger partial charge in [0.15, 0.2) is 0 Å². The van der Waals surface area contributed by atoms with Crippen LogP contribution in [0.5, 0.6) is 17.2 Å². The third kappa shape index (κ3) is 6.56. The lowest BCUT2D eigenvalue weighted by molar-refractivity contribution is -0.461. The number of aromatic nitrogens is 1. The summed E-state index contributed by atoms with van der Waals surface area (Å²) < 4.78 is 73.0. The summed E-state index contributed by atoms with van der Waals surface area (Å²) in [5.74, 6) is -0.568. The Morgan fingerprint density at radius 1 is 0.925 bits per heavy atom. The molecular weight excluding hydrogens is 542 g/mol. The molecule has 1 aromatic heterocycles. The Balaban J connectivity index is 1.21. The summed E-state index contributed by atoms with van der Waals surface area (Å²) in [7, 11) is 0. The summed E-state index contributed by atoms with van der Waals surface area (Å²) in [4.78, 5) is 29.1. The van der Waals surface area contributed by atoms with Gasteiger partial charge in [-0.3, -0.25) is 15.2 Å². The van der Waals surface area contributed by atoms with E-state index in [9.17, 15) is 27.2 Å². The average molecular weight is 563 g/mol. The highest BCUT2D eigenvalue weighted by Crippen LogP contribution is 2.46. The van der Waals surface area contributed by atoms with Gasteiger partial charge in [-0.15, -0.1) is 8.78 Å². The molecule has 0 spiro atoms. The van der Waals surface area contributed by atoms with Gasteiger partial charge in [0.05, 0.1) is 18.8 Å². The highest BCUT2D eigenvalue weighted by molar-refractivity contribution is 6.00. The molecule has 2 aliphatic rings. The van der Waals surface area contributed by atoms with Crippen LogP contribution in [0.1, 0.15) is 16.1 Å². The maximum atomic E-state index is 14.0. The molecule has 210 valence electrons. The fraction of sp³-hybridized carbons (Fsp3) is 0.240. The first kappa shape index (κ1) is 27.1. The zero-order valence-corrected chi connectivity index (χ0v) is 20.5. The standard InChI is InChI=1S/C25H21F4N5O6/c26-24(27)19-13-16(4-5-21(19)39-25(28,29)40-24)32-23(36)31-15-2-1-3-17(12-15)38-18-6-7-30-20(14-18)22(35)33-34-8-10-37-11-9-34/h1-7,12-14H,8-11H2,(H,33,35)(H2,31,32,36). The van der Waals surface area contributed by atoms with E-state index in [4.69, 9.17) is 9.47 Å². The number of morpholine rings is 1. The Bertz CT molecular complexity index is 1420. The van der Waals surface area contributed by atoms with Crippen molar-refractivity contribution in [2.45, 2.75) is 12.4 Å². The molecule has 1 fully saturated rings. The van der Waals surface area contributed by atoms with Gasteiger partial charge in [0, 0.05) is 42.8 Å². The highest BCUT2D eigenvalue weighted by Gasteiger charge is 2.54. The number of alkyl halides is 4. The van der Waals surface area contributed by atoms with Gasteiger partial charge in [-0.1, -0.05) is 6.07 Å². The number of urea groups is 1. The molecule has 2 aromatic carbocycles. The zero-order valence-electron chi connectivity index (χ0n) is 20.5. The minimum atomic E-state index is -4.50. The molecule has 3 amide bonds. The van der Waals surface area contributed by atoms with E-state index in [1.165, 1.54) is 18.3 Å². The van der Waals surface area contributed by atoms with Crippen molar-refractivity contribution in [3.8, 4) is 17.2 Å². The average Bonchev–Trinajstić information content (AvgIpc) is 2.89. The molecule has 0 aliphatic carbocycles. The van der Waals surface area contributed by atoms with Crippen LogP contribution in [0, 0.1) is 0 Å². The topological polar surface area (TPSA) is 123 Å². The number of pyridine rings is 1. The predicted molar refractivity (Wildman–Crippen MR) is 130 cm³/mol. The fourth-order valence-corrected chi connectivity index (χ4v) is 3.82. The molecule has 0 unspecified atom stereocenters. The Hall–Kier alpha value is -4.47. The van der Waals surface area contributed by atoms with Crippen molar-refractivity contribution in [2.24, 2.45) is 0 Å². The van der Waals surface area contributed by atoms with Gasteiger partial charge in [0.25, 0.3) is 5.91 Å². The van der Waals surface area contributed by atoms with Crippen molar-refractivity contribution in [3.05, 3.63) is 72.1 Å². The van der Waals surface area contributed by atoms with E-state index in [1.54, 1.807) is 29.3 Å². The van der Waals surface area contributed by atoms with E-state index in [1.807, 2.05) is 0 Å². The molecule has 0 saturated carbocycles. The second-order valence-corrected chi connectivity index (χ2v) is 8.52. The first-order chi connectivity index (χ1) is 19.1. The summed E-state index contributed by atoms with van der Waals surface area (Å²) in [6.45, 7) is 2.12. The van der Waals surface area contributed by atoms with Gasteiger partial charge in [-0.05, 0) is 36.4 Å². The smallest absolute Gasteiger partial charge is 0.457 e. The van der Waals surface area contributed by atoms with Gasteiger partial charge >= 0.3 is 18.4 Å². The maximum absolute atomic E-state index is 14.0. The summed E-state index contributed by atoms with van der Waals surface area (Å²) in [5, 5.41) is 6.58. The molecule has 1 saturated heterocycles. The van der Waals surface area contributed by atoms with Gasteiger partial charge < -0.3 is 24.8 Å². The highest BCUT2D eigenvalue weighted by atomic mass is 19.3. The lowest BCUT2D eigenvalue weighted by Crippen LogP contribution is -2.48. The lowest BCUT2D eigenvalue weighted by Gasteiger charge is -2.30. The number of carbonyl (C=O) groups is 2. The Kier molecular flexibility index (Phi) is 7.42. The number of hydrazine groups is 1. The third-order valence-electron chi connectivity index (χ3n) is 5.59.